The summed E-state index contributed by atoms with van der Waals surface area (Å²) in [7, 11) is 1.68. The lowest BCUT2D eigenvalue weighted by Gasteiger charge is -2.37. The van der Waals surface area contributed by atoms with Gasteiger partial charge in [0.1, 0.15) is 10.8 Å². The summed E-state index contributed by atoms with van der Waals surface area (Å²) in [4.78, 5) is 18.2. The number of piperazine rings is 1. The Kier molecular flexibility index (Phi) is 8.03. The first-order chi connectivity index (χ1) is 16.6. The molecule has 178 valence electrons. The highest BCUT2D eigenvalue weighted by Crippen LogP contribution is 2.31. The van der Waals surface area contributed by atoms with Crippen LogP contribution in [0.4, 0.5) is 10.7 Å². The van der Waals surface area contributed by atoms with Crippen LogP contribution in [0.25, 0.3) is 0 Å². The third-order valence-electron chi connectivity index (χ3n) is 5.71. The number of thiophene rings is 1. The number of carbonyl (C=O) groups is 1. The van der Waals surface area contributed by atoms with E-state index in [0.717, 1.165) is 53.9 Å². The fourth-order valence-corrected chi connectivity index (χ4v) is 5.36. The average molecular weight is 496 g/mol. The predicted molar refractivity (Wildman–Crippen MR) is 143 cm³/mol. The Bertz CT molecular complexity index is 1130. The van der Waals surface area contributed by atoms with Crippen LogP contribution in [0.5, 0.6) is 5.75 Å². The van der Waals surface area contributed by atoms with Crippen LogP contribution in [0, 0.1) is 0 Å². The first-order valence-electron chi connectivity index (χ1n) is 11.4. The molecule has 0 bridgehead atoms. The van der Waals surface area contributed by atoms with Crippen LogP contribution in [-0.2, 0) is 11.2 Å². The number of nitrogens with one attached hydrogen (secondary N) is 1. The van der Waals surface area contributed by atoms with Gasteiger partial charge in [-0.15, -0.1) is 11.3 Å². The van der Waals surface area contributed by atoms with Gasteiger partial charge in [-0.2, -0.15) is 0 Å². The number of thiocarbonyl (C=S) groups is 1. The summed E-state index contributed by atoms with van der Waals surface area (Å²) in [5.41, 5.74) is 2.88. The standard InChI is InChI=1S/C26H29N3O3S2/c1-3-32-25(30)23-18-22(16-19-8-5-4-6-9-19)34-24(23)27-26(33)29-14-12-28(13-15-29)20-10-7-11-21(17-20)31-2/h4-11,17-18H,3,12-16H2,1-2H3,(H,27,33). The molecule has 2 heterocycles. The number of nitrogens with zero attached hydrogens (tertiary/aromatic N) is 2. The average Bonchev–Trinajstić information content (AvgIpc) is 3.27. The fourth-order valence-electron chi connectivity index (χ4n) is 3.93. The summed E-state index contributed by atoms with van der Waals surface area (Å²) in [6, 6.07) is 20.2. The molecule has 1 fully saturated rings. The minimum Gasteiger partial charge on any atom is -0.497 e. The van der Waals surface area contributed by atoms with Crippen molar-refractivity contribution in [3.05, 3.63) is 76.7 Å². The molecule has 1 saturated heterocycles. The molecule has 3 aromatic rings. The quantitative estimate of drug-likeness (QED) is 0.364. The number of carbonyl (C=O) groups excluding carboxylic acids is 1. The van der Waals surface area contributed by atoms with Crippen LogP contribution in [0.2, 0.25) is 0 Å². The number of benzene rings is 2. The summed E-state index contributed by atoms with van der Waals surface area (Å²) < 4.78 is 10.6. The maximum absolute atomic E-state index is 12.6. The van der Waals surface area contributed by atoms with Crippen molar-refractivity contribution in [2.24, 2.45) is 0 Å². The lowest BCUT2D eigenvalue weighted by atomic mass is 10.1. The lowest BCUT2D eigenvalue weighted by Crippen LogP contribution is -2.50. The zero-order chi connectivity index (χ0) is 23.9. The zero-order valence-electron chi connectivity index (χ0n) is 19.5. The lowest BCUT2D eigenvalue weighted by molar-refractivity contribution is 0.0528. The smallest absolute Gasteiger partial charge is 0.341 e. The zero-order valence-corrected chi connectivity index (χ0v) is 21.1. The van der Waals surface area contributed by atoms with E-state index in [1.165, 1.54) is 5.56 Å². The molecule has 0 spiro atoms. The highest BCUT2D eigenvalue weighted by Gasteiger charge is 2.23. The molecular formula is C26H29N3O3S2. The van der Waals surface area contributed by atoms with Gasteiger partial charge in [0.25, 0.3) is 0 Å². The molecule has 4 rings (SSSR count). The number of esters is 1. The van der Waals surface area contributed by atoms with Gasteiger partial charge in [0.15, 0.2) is 5.11 Å². The van der Waals surface area contributed by atoms with Crippen LogP contribution in [0.1, 0.15) is 27.7 Å². The Morgan fingerprint density at radius 3 is 2.53 bits per heavy atom. The Morgan fingerprint density at radius 1 is 1.06 bits per heavy atom. The van der Waals surface area contributed by atoms with Crippen molar-refractivity contribution in [3.8, 4) is 5.75 Å². The third kappa shape index (κ3) is 5.87. The van der Waals surface area contributed by atoms with E-state index in [-0.39, 0.29) is 5.97 Å². The van der Waals surface area contributed by atoms with E-state index in [9.17, 15) is 4.79 Å². The molecule has 1 aliphatic heterocycles. The fraction of sp³-hybridized carbons (Fsp3) is 0.308. The summed E-state index contributed by atoms with van der Waals surface area (Å²) >= 11 is 7.28. The number of hydrogen-bond acceptors (Lipinski definition) is 6. The molecule has 0 radical (unpaired) electrons. The van der Waals surface area contributed by atoms with E-state index in [4.69, 9.17) is 21.7 Å². The Labute approximate surface area is 210 Å². The Morgan fingerprint density at radius 2 is 1.82 bits per heavy atom. The molecule has 1 aliphatic rings. The van der Waals surface area contributed by atoms with Crippen molar-refractivity contribution in [1.29, 1.82) is 0 Å². The van der Waals surface area contributed by atoms with Crippen molar-refractivity contribution >= 4 is 45.3 Å². The molecule has 1 N–H and O–H groups in total. The van der Waals surface area contributed by atoms with Gasteiger partial charge in [0.2, 0.25) is 0 Å². The van der Waals surface area contributed by atoms with E-state index in [1.807, 2.05) is 43.3 Å². The monoisotopic (exact) mass is 495 g/mol. The first-order valence-corrected chi connectivity index (χ1v) is 12.6. The molecule has 0 saturated carbocycles. The molecule has 0 amide bonds. The number of anilines is 2. The highest BCUT2D eigenvalue weighted by molar-refractivity contribution is 7.80. The van der Waals surface area contributed by atoms with Crippen LogP contribution >= 0.6 is 23.6 Å². The minimum absolute atomic E-state index is 0.328. The highest BCUT2D eigenvalue weighted by atomic mass is 32.1. The SMILES string of the molecule is CCOC(=O)c1cc(Cc2ccccc2)sc1NC(=S)N1CCN(c2cccc(OC)c2)CC1. The van der Waals surface area contributed by atoms with Crippen molar-refractivity contribution in [1.82, 2.24) is 4.90 Å². The molecule has 34 heavy (non-hydrogen) atoms. The Balaban J connectivity index is 1.43. The molecule has 6 nitrogen and oxygen atoms in total. The number of ether oxygens (including phenoxy) is 2. The van der Waals surface area contributed by atoms with E-state index in [0.29, 0.717) is 17.3 Å². The van der Waals surface area contributed by atoms with Gasteiger partial charge in [-0.1, -0.05) is 36.4 Å². The van der Waals surface area contributed by atoms with Crippen molar-refractivity contribution in [2.45, 2.75) is 13.3 Å². The van der Waals surface area contributed by atoms with Crippen LogP contribution in [0.3, 0.4) is 0 Å². The summed E-state index contributed by atoms with van der Waals surface area (Å²) in [6.45, 7) is 5.43. The van der Waals surface area contributed by atoms with Crippen molar-refractivity contribution in [2.75, 3.05) is 50.1 Å². The normalized spacial score (nSPS) is 13.5. The van der Waals surface area contributed by atoms with E-state index >= 15 is 0 Å². The first kappa shape index (κ1) is 24.0. The van der Waals surface area contributed by atoms with E-state index in [1.54, 1.807) is 18.4 Å². The van der Waals surface area contributed by atoms with Crippen LogP contribution in [0.15, 0.2) is 60.7 Å². The molecule has 0 unspecified atom stereocenters. The second-order valence-corrected chi connectivity index (χ2v) is 9.47. The number of rotatable bonds is 7. The molecule has 8 heteroatoms. The number of hydrogen-bond donors (Lipinski definition) is 1. The largest absolute Gasteiger partial charge is 0.497 e. The summed E-state index contributed by atoms with van der Waals surface area (Å²) in [5, 5.41) is 4.70. The molecule has 1 aromatic heterocycles. The van der Waals surface area contributed by atoms with Crippen LogP contribution in [-0.4, -0.2) is 55.9 Å². The third-order valence-corrected chi connectivity index (χ3v) is 7.12. The van der Waals surface area contributed by atoms with Gasteiger partial charge in [-0.05, 0) is 42.9 Å². The van der Waals surface area contributed by atoms with Gasteiger partial charge in [0.05, 0.1) is 19.3 Å². The second kappa shape index (κ2) is 11.4. The van der Waals surface area contributed by atoms with Gasteiger partial charge in [0, 0.05) is 49.2 Å². The van der Waals surface area contributed by atoms with Gasteiger partial charge in [-0.25, -0.2) is 4.79 Å². The summed E-state index contributed by atoms with van der Waals surface area (Å²) in [6.07, 6.45) is 0.756. The second-order valence-electron chi connectivity index (χ2n) is 7.94. The molecule has 0 atom stereocenters. The Hall–Kier alpha value is -3.10. The minimum atomic E-state index is -0.328. The molecular weight excluding hydrogens is 466 g/mol. The van der Waals surface area contributed by atoms with E-state index in [2.05, 4.69) is 39.4 Å². The van der Waals surface area contributed by atoms with Crippen molar-refractivity contribution < 1.29 is 14.3 Å². The van der Waals surface area contributed by atoms with Crippen LogP contribution < -0.4 is 15.0 Å². The molecule has 2 aromatic carbocycles. The molecule has 0 aliphatic carbocycles. The number of methoxy groups -OCH3 is 1. The maximum atomic E-state index is 12.6. The van der Waals surface area contributed by atoms with Gasteiger partial charge < -0.3 is 24.6 Å². The topological polar surface area (TPSA) is 54.0 Å². The maximum Gasteiger partial charge on any atom is 0.341 e. The predicted octanol–water partition coefficient (Wildman–Crippen LogP) is 5.04. The van der Waals surface area contributed by atoms with E-state index < -0.39 is 0 Å². The summed E-state index contributed by atoms with van der Waals surface area (Å²) in [5.74, 6) is 0.527. The van der Waals surface area contributed by atoms with Gasteiger partial charge >= 0.3 is 5.97 Å². The van der Waals surface area contributed by atoms with Crippen molar-refractivity contribution in [3.63, 3.8) is 0 Å². The van der Waals surface area contributed by atoms with Gasteiger partial charge in [-0.3, -0.25) is 0 Å².